The fourth-order valence-corrected chi connectivity index (χ4v) is 2.75. The van der Waals surface area contributed by atoms with Gasteiger partial charge in [-0.15, -0.1) is 0 Å². The second-order valence-corrected chi connectivity index (χ2v) is 5.58. The van der Waals surface area contributed by atoms with Crippen molar-refractivity contribution < 1.29 is 14.4 Å². The van der Waals surface area contributed by atoms with E-state index in [9.17, 15) is 14.4 Å². The first-order valence-corrected chi connectivity index (χ1v) is 7.62. The van der Waals surface area contributed by atoms with Gasteiger partial charge in [-0.25, -0.2) is 0 Å². The molecule has 7 heteroatoms. The minimum atomic E-state index is -0.0980. The van der Waals surface area contributed by atoms with E-state index in [1.54, 1.807) is 16.7 Å². The van der Waals surface area contributed by atoms with Gasteiger partial charge in [0.25, 0.3) is 0 Å². The van der Waals surface area contributed by atoms with Gasteiger partial charge >= 0.3 is 0 Å². The lowest BCUT2D eigenvalue weighted by atomic mass is 10.2. The van der Waals surface area contributed by atoms with Crippen molar-refractivity contribution in [1.82, 2.24) is 20.4 Å². The van der Waals surface area contributed by atoms with Gasteiger partial charge in [0.1, 0.15) is 0 Å². The van der Waals surface area contributed by atoms with Crippen molar-refractivity contribution in [1.29, 1.82) is 0 Å². The Balaban J connectivity index is 1.63. The van der Waals surface area contributed by atoms with Crippen LogP contribution in [-0.2, 0) is 14.4 Å². The van der Waals surface area contributed by atoms with Crippen molar-refractivity contribution in [2.45, 2.75) is 32.2 Å². The fourth-order valence-electron chi connectivity index (χ4n) is 2.75. The summed E-state index contributed by atoms with van der Waals surface area (Å²) in [6, 6.07) is -0.0980. The quantitative estimate of drug-likeness (QED) is 0.692. The van der Waals surface area contributed by atoms with Gasteiger partial charge in [0.05, 0.1) is 6.04 Å². The molecule has 0 saturated carbocycles. The molecule has 0 aromatic carbocycles. The molecule has 0 aliphatic carbocycles. The average molecular weight is 296 g/mol. The van der Waals surface area contributed by atoms with Crippen LogP contribution in [0.1, 0.15) is 26.2 Å². The molecule has 0 aromatic rings. The summed E-state index contributed by atoms with van der Waals surface area (Å²) in [5.74, 6) is 0.0815. The van der Waals surface area contributed by atoms with Crippen LogP contribution in [0.4, 0.5) is 0 Å². The SMILES string of the molecule is CC(=O)N1CCN(C(=O)CCNC(=O)C2CCCN2)CC1. The number of rotatable bonds is 4. The number of carbonyl (C=O) groups excluding carboxylic acids is 3. The molecule has 0 spiro atoms. The van der Waals surface area contributed by atoms with Crippen LogP contribution in [0.3, 0.4) is 0 Å². The number of amides is 3. The highest BCUT2D eigenvalue weighted by Gasteiger charge is 2.24. The van der Waals surface area contributed by atoms with Gasteiger partial charge in [-0.3, -0.25) is 14.4 Å². The lowest BCUT2D eigenvalue weighted by Gasteiger charge is -2.34. The van der Waals surface area contributed by atoms with Crippen LogP contribution in [0.5, 0.6) is 0 Å². The first-order chi connectivity index (χ1) is 10.1. The monoisotopic (exact) mass is 296 g/mol. The second kappa shape index (κ2) is 7.40. The Kier molecular flexibility index (Phi) is 5.55. The summed E-state index contributed by atoms with van der Waals surface area (Å²) in [5, 5.41) is 5.94. The van der Waals surface area contributed by atoms with Gasteiger partial charge in [-0.1, -0.05) is 0 Å². The van der Waals surface area contributed by atoms with Crippen LogP contribution >= 0.6 is 0 Å². The summed E-state index contributed by atoms with van der Waals surface area (Å²) >= 11 is 0. The zero-order valence-corrected chi connectivity index (χ0v) is 12.6. The first-order valence-electron chi connectivity index (χ1n) is 7.62. The average Bonchev–Trinajstić information content (AvgIpc) is 3.01. The van der Waals surface area contributed by atoms with E-state index in [0.717, 1.165) is 19.4 Å². The van der Waals surface area contributed by atoms with Crippen molar-refractivity contribution in [3.8, 4) is 0 Å². The molecule has 2 saturated heterocycles. The molecule has 118 valence electrons. The predicted octanol–water partition coefficient (Wildman–Crippen LogP) is -1.06. The molecule has 2 fully saturated rings. The van der Waals surface area contributed by atoms with Crippen LogP contribution < -0.4 is 10.6 Å². The zero-order valence-electron chi connectivity index (χ0n) is 12.6. The molecule has 3 amide bonds. The Morgan fingerprint density at radius 2 is 1.81 bits per heavy atom. The van der Waals surface area contributed by atoms with Crippen molar-refractivity contribution >= 4 is 17.7 Å². The lowest BCUT2D eigenvalue weighted by molar-refractivity contribution is -0.138. The van der Waals surface area contributed by atoms with Crippen LogP contribution in [0.15, 0.2) is 0 Å². The Hall–Kier alpha value is -1.63. The van der Waals surface area contributed by atoms with Gasteiger partial charge < -0.3 is 20.4 Å². The maximum atomic E-state index is 12.0. The summed E-state index contributed by atoms with van der Waals surface area (Å²) < 4.78 is 0. The molecular formula is C14H24N4O3. The molecule has 0 radical (unpaired) electrons. The van der Waals surface area contributed by atoms with E-state index < -0.39 is 0 Å². The Morgan fingerprint density at radius 1 is 1.14 bits per heavy atom. The van der Waals surface area contributed by atoms with Crippen molar-refractivity contribution in [2.24, 2.45) is 0 Å². The second-order valence-electron chi connectivity index (χ2n) is 5.58. The van der Waals surface area contributed by atoms with Gasteiger partial charge in [0, 0.05) is 46.1 Å². The number of piperazine rings is 1. The summed E-state index contributed by atoms with van der Waals surface area (Å²) in [6.07, 6.45) is 2.21. The highest BCUT2D eigenvalue weighted by Crippen LogP contribution is 2.05. The van der Waals surface area contributed by atoms with Gasteiger partial charge in [-0.05, 0) is 19.4 Å². The third-order valence-corrected chi connectivity index (χ3v) is 4.09. The van der Waals surface area contributed by atoms with Gasteiger partial charge in [0.2, 0.25) is 17.7 Å². The van der Waals surface area contributed by atoms with E-state index in [1.165, 1.54) is 0 Å². The summed E-state index contributed by atoms with van der Waals surface area (Å²) in [4.78, 5) is 38.5. The number of hydrogen-bond donors (Lipinski definition) is 2. The molecule has 0 aromatic heterocycles. The van der Waals surface area contributed by atoms with E-state index in [0.29, 0.717) is 39.1 Å². The Bertz CT molecular complexity index is 399. The molecule has 1 atom stereocenters. The normalized spacial score (nSPS) is 22.2. The van der Waals surface area contributed by atoms with Crippen LogP contribution in [0.25, 0.3) is 0 Å². The fraction of sp³-hybridized carbons (Fsp3) is 0.786. The topological polar surface area (TPSA) is 81.8 Å². The third kappa shape index (κ3) is 4.42. The lowest BCUT2D eigenvalue weighted by Crippen LogP contribution is -2.50. The Morgan fingerprint density at radius 3 is 2.38 bits per heavy atom. The molecule has 2 heterocycles. The maximum absolute atomic E-state index is 12.0. The van der Waals surface area contributed by atoms with Crippen LogP contribution in [0.2, 0.25) is 0 Å². The van der Waals surface area contributed by atoms with Gasteiger partial charge in [-0.2, -0.15) is 0 Å². The van der Waals surface area contributed by atoms with Gasteiger partial charge in [0.15, 0.2) is 0 Å². The molecule has 2 aliphatic rings. The summed E-state index contributed by atoms with van der Waals surface area (Å²) in [5.41, 5.74) is 0. The van der Waals surface area contributed by atoms with E-state index in [4.69, 9.17) is 0 Å². The minimum absolute atomic E-state index is 0.0123. The van der Waals surface area contributed by atoms with E-state index >= 15 is 0 Å². The standard InChI is InChI=1S/C14H24N4O3/c1-11(19)17-7-9-18(10-8-17)13(20)4-6-16-14(21)12-3-2-5-15-12/h12,15H,2-10H2,1H3,(H,16,21). The molecule has 2 rings (SSSR count). The molecular weight excluding hydrogens is 272 g/mol. The number of nitrogens with one attached hydrogen (secondary N) is 2. The van der Waals surface area contributed by atoms with Crippen molar-refractivity contribution in [3.63, 3.8) is 0 Å². The number of carbonyl (C=O) groups is 3. The highest BCUT2D eigenvalue weighted by atomic mass is 16.2. The maximum Gasteiger partial charge on any atom is 0.237 e. The van der Waals surface area contributed by atoms with E-state index in [2.05, 4.69) is 10.6 Å². The van der Waals surface area contributed by atoms with E-state index in [-0.39, 0.29) is 23.8 Å². The molecule has 21 heavy (non-hydrogen) atoms. The number of nitrogens with zero attached hydrogens (tertiary/aromatic N) is 2. The van der Waals surface area contributed by atoms with E-state index in [1.807, 2.05) is 0 Å². The van der Waals surface area contributed by atoms with Crippen molar-refractivity contribution in [3.05, 3.63) is 0 Å². The summed E-state index contributed by atoms with van der Waals surface area (Å²) in [6.45, 7) is 5.16. The number of hydrogen-bond acceptors (Lipinski definition) is 4. The molecule has 2 N–H and O–H groups in total. The molecule has 2 aliphatic heterocycles. The highest BCUT2D eigenvalue weighted by molar-refractivity contribution is 5.83. The third-order valence-electron chi connectivity index (χ3n) is 4.09. The smallest absolute Gasteiger partial charge is 0.237 e. The van der Waals surface area contributed by atoms with Crippen molar-refractivity contribution in [2.75, 3.05) is 39.3 Å². The molecule has 7 nitrogen and oxygen atoms in total. The zero-order chi connectivity index (χ0) is 15.2. The predicted molar refractivity (Wildman–Crippen MR) is 77.5 cm³/mol. The van der Waals surface area contributed by atoms with Crippen LogP contribution in [0, 0.1) is 0 Å². The molecule has 1 unspecified atom stereocenters. The minimum Gasteiger partial charge on any atom is -0.354 e. The molecule has 0 bridgehead atoms. The van der Waals surface area contributed by atoms with Crippen LogP contribution in [-0.4, -0.2) is 72.8 Å². The largest absolute Gasteiger partial charge is 0.354 e. The summed E-state index contributed by atoms with van der Waals surface area (Å²) in [7, 11) is 0. The Labute approximate surface area is 125 Å². The first kappa shape index (κ1) is 15.8.